The van der Waals surface area contributed by atoms with Gasteiger partial charge in [0.05, 0.1) is 16.1 Å². The van der Waals surface area contributed by atoms with Crippen LogP contribution < -0.4 is 14.6 Å². The van der Waals surface area contributed by atoms with Crippen LogP contribution in [0.2, 0.25) is 0 Å². The fraction of sp³-hybridized carbons (Fsp3) is 0.250. The summed E-state index contributed by atoms with van der Waals surface area (Å²) in [6.07, 6.45) is 7.06. The van der Waals surface area contributed by atoms with Gasteiger partial charge in [0.25, 0.3) is 0 Å². The average Bonchev–Trinajstić information content (AvgIpc) is 3.04. The maximum Gasteiger partial charge on any atom is 0.213 e. The molecule has 1 aromatic heterocycles. The van der Waals surface area contributed by atoms with Crippen LogP contribution in [0.1, 0.15) is 31.2 Å². The van der Waals surface area contributed by atoms with Crippen LogP contribution in [0.5, 0.6) is 0 Å². The number of carbonyl (C=O) groups excluding carboxylic acids is 1. The van der Waals surface area contributed by atoms with E-state index in [9.17, 15) is 9.90 Å². The third-order valence-electron chi connectivity index (χ3n) is 5.29. The fourth-order valence-corrected chi connectivity index (χ4v) is 4.84. The zero-order valence-corrected chi connectivity index (χ0v) is 17.3. The molecule has 0 atom stereocenters. The van der Waals surface area contributed by atoms with Gasteiger partial charge < -0.3 is 14.8 Å². The van der Waals surface area contributed by atoms with Crippen molar-refractivity contribution in [1.82, 2.24) is 0 Å². The Labute approximate surface area is 175 Å². The number of benzene rings is 2. The van der Waals surface area contributed by atoms with Crippen LogP contribution in [0.3, 0.4) is 0 Å². The van der Waals surface area contributed by atoms with Crippen LogP contribution in [-0.2, 0) is 11.3 Å². The van der Waals surface area contributed by atoms with Crippen molar-refractivity contribution in [2.24, 2.45) is 0 Å². The molecule has 1 aliphatic heterocycles. The summed E-state index contributed by atoms with van der Waals surface area (Å²) in [6, 6.07) is 19.1. The molecule has 0 saturated heterocycles. The second kappa shape index (κ2) is 8.70. The number of rotatable bonds is 7. The molecule has 0 saturated carbocycles. The Kier molecular flexibility index (Phi) is 5.86. The molecular formula is C24H24N2O2S. The van der Waals surface area contributed by atoms with Gasteiger partial charge in [-0.2, -0.15) is 4.57 Å². The van der Waals surface area contributed by atoms with Crippen LogP contribution in [0.4, 0.5) is 5.69 Å². The molecule has 0 N–H and O–H groups in total. The first-order chi connectivity index (χ1) is 14.1. The molecular weight excluding hydrogens is 380 g/mol. The number of hydrogen-bond acceptors (Lipinski definition) is 4. The van der Waals surface area contributed by atoms with Crippen molar-refractivity contribution in [2.75, 3.05) is 11.9 Å². The highest BCUT2D eigenvalue weighted by molar-refractivity contribution is 8.03. The van der Waals surface area contributed by atoms with Gasteiger partial charge in [-0.1, -0.05) is 36.0 Å². The first kappa shape index (κ1) is 19.5. The number of pyridine rings is 1. The number of hydrogen-bond donors (Lipinski definition) is 0. The number of aromatic nitrogens is 1. The molecule has 1 aliphatic rings. The minimum absolute atomic E-state index is 0.144. The maximum absolute atomic E-state index is 10.6. The Morgan fingerprint density at radius 3 is 2.69 bits per heavy atom. The maximum atomic E-state index is 10.6. The number of carbonyl (C=O) groups is 1. The summed E-state index contributed by atoms with van der Waals surface area (Å²) >= 11 is 1.80. The van der Waals surface area contributed by atoms with Gasteiger partial charge >= 0.3 is 0 Å². The number of carboxylic acids is 1. The van der Waals surface area contributed by atoms with E-state index in [1.165, 1.54) is 32.1 Å². The number of anilines is 1. The van der Waals surface area contributed by atoms with Crippen molar-refractivity contribution in [3.05, 3.63) is 71.4 Å². The van der Waals surface area contributed by atoms with Gasteiger partial charge in [0.15, 0.2) is 6.20 Å². The van der Waals surface area contributed by atoms with Crippen LogP contribution in [0.15, 0.2) is 70.7 Å². The standard InChI is InChI=1S/C24H24N2O2S/c1-25-21-11-6-7-12-22(21)29-23(25)17-18-14-16-26(15-8-2-3-13-24(27)28)20-10-5-4-9-19(18)20/h4-7,9-12,14,16-17H,2-3,8,13,15H2,1H3. The Morgan fingerprint density at radius 2 is 1.86 bits per heavy atom. The van der Waals surface area contributed by atoms with Crippen molar-refractivity contribution < 1.29 is 14.5 Å². The molecule has 29 heavy (non-hydrogen) atoms. The lowest BCUT2D eigenvalue weighted by Crippen LogP contribution is -2.34. The minimum atomic E-state index is -0.961. The Bertz CT molecular complexity index is 1080. The molecule has 0 fully saturated rings. The largest absolute Gasteiger partial charge is 0.550 e. The van der Waals surface area contributed by atoms with E-state index in [1.54, 1.807) is 11.8 Å². The number of carboxylic acid groups (broad SMARTS) is 1. The van der Waals surface area contributed by atoms with Crippen LogP contribution in [-0.4, -0.2) is 13.0 Å². The lowest BCUT2D eigenvalue weighted by molar-refractivity contribution is -0.671. The highest BCUT2D eigenvalue weighted by Gasteiger charge is 2.22. The van der Waals surface area contributed by atoms with E-state index in [2.05, 4.69) is 83.4 Å². The zero-order chi connectivity index (χ0) is 20.2. The third-order valence-corrected chi connectivity index (χ3v) is 6.46. The van der Waals surface area contributed by atoms with Crippen LogP contribution >= 0.6 is 11.8 Å². The third kappa shape index (κ3) is 4.30. The summed E-state index contributed by atoms with van der Waals surface area (Å²) in [5.74, 6) is -0.961. The summed E-state index contributed by atoms with van der Waals surface area (Å²) in [5.41, 5.74) is 3.65. The molecule has 4 nitrogen and oxygen atoms in total. The summed E-state index contributed by atoms with van der Waals surface area (Å²) in [4.78, 5) is 14.1. The number of fused-ring (bicyclic) bond motifs is 2. The predicted octanol–water partition coefficient (Wildman–Crippen LogP) is 3.98. The second-order valence-corrected chi connectivity index (χ2v) is 8.34. The monoisotopic (exact) mass is 404 g/mol. The fourth-order valence-electron chi connectivity index (χ4n) is 3.74. The molecule has 4 rings (SSSR count). The predicted molar refractivity (Wildman–Crippen MR) is 116 cm³/mol. The normalized spacial score (nSPS) is 14.5. The van der Waals surface area contributed by atoms with Crippen LogP contribution in [0.25, 0.3) is 17.0 Å². The topological polar surface area (TPSA) is 47.2 Å². The lowest BCUT2D eigenvalue weighted by atomic mass is 10.1. The van der Waals surface area contributed by atoms with Gasteiger partial charge in [0, 0.05) is 36.5 Å². The van der Waals surface area contributed by atoms with E-state index < -0.39 is 5.97 Å². The second-order valence-electron chi connectivity index (χ2n) is 7.28. The highest BCUT2D eigenvalue weighted by Crippen LogP contribution is 2.45. The van der Waals surface area contributed by atoms with Gasteiger partial charge in [-0.05, 0) is 49.1 Å². The van der Waals surface area contributed by atoms with Crippen LogP contribution in [0, 0.1) is 0 Å². The van der Waals surface area contributed by atoms with E-state index in [-0.39, 0.29) is 6.42 Å². The first-order valence-corrected chi connectivity index (χ1v) is 10.8. The number of aryl methyl sites for hydroxylation is 1. The van der Waals surface area contributed by atoms with E-state index in [0.717, 1.165) is 19.4 Å². The molecule has 148 valence electrons. The molecule has 2 aromatic carbocycles. The molecule has 5 heteroatoms. The Balaban J connectivity index is 1.57. The lowest BCUT2D eigenvalue weighted by Gasteiger charge is -2.13. The van der Waals surface area contributed by atoms with Crippen molar-refractivity contribution in [1.29, 1.82) is 0 Å². The van der Waals surface area contributed by atoms with Crippen molar-refractivity contribution in [3.8, 4) is 0 Å². The molecule has 3 aromatic rings. The SMILES string of the molecule is CN1/C(=C/c2cc[n+](CCCCCC(=O)[O-])c3ccccc23)Sc2ccccc21. The number of aliphatic carboxylic acids is 1. The molecule has 0 bridgehead atoms. The van der Waals surface area contributed by atoms with Gasteiger partial charge in [0.2, 0.25) is 5.52 Å². The number of thioether (sulfide) groups is 1. The van der Waals surface area contributed by atoms with E-state index in [0.29, 0.717) is 6.42 Å². The smallest absolute Gasteiger partial charge is 0.213 e. The van der Waals surface area contributed by atoms with Gasteiger partial charge in [-0.15, -0.1) is 0 Å². The summed E-state index contributed by atoms with van der Waals surface area (Å²) < 4.78 is 2.26. The molecule has 0 amide bonds. The van der Waals surface area contributed by atoms with Crippen molar-refractivity contribution in [2.45, 2.75) is 37.1 Å². The molecule has 0 radical (unpaired) electrons. The molecule has 0 unspecified atom stereocenters. The van der Waals surface area contributed by atoms with Crippen molar-refractivity contribution >= 4 is 40.4 Å². The molecule has 0 aliphatic carbocycles. The molecule has 0 spiro atoms. The summed E-state index contributed by atoms with van der Waals surface area (Å²) in [5, 5.41) is 13.0. The summed E-state index contributed by atoms with van der Waals surface area (Å²) in [7, 11) is 2.11. The molecule has 2 heterocycles. The number of unbranched alkanes of at least 4 members (excludes halogenated alkanes) is 2. The minimum Gasteiger partial charge on any atom is -0.550 e. The highest BCUT2D eigenvalue weighted by atomic mass is 32.2. The van der Waals surface area contributed by atoms with E-state index in [4.69, 9.17) is 0 Å². The summed E-state index contributed by atoms with van der Waals surface area (Å²) in [6.45, 7) is 0.879. The van der Waals surface area contributed by atoms with Gasteiger partial charge in [-0.25, -0.2) is 0 Å². The van der Waals surface area contributed by atoms with E-state index in [1.807, 2.05) is 0 Å². The Morgan fingerprint density at radius 1 is 1.07 bits per heavy atom. The first-order valence-electron chi connectivity index (χ1n) is 9.97. The van der Waals surface area contributed by atoms with Crippen molar-refractivity contribution in [3.63, 3.8) is 0 Å². The van der Waals surface area contributed by atoms with Gasteiger partial charge in [-0.3, -0.25) is 0 Å². The average molecular weight is 405 g/mol. The quantitative estimate of drug-likeness (QED) is 0.441. The van der Waals surface area contributed by atoms with E-state index >= 15 is 0 Å². The zero-order valence-electron chi connectivity index (χ0n) is 16.5. The number of nitrogens with zero attached hydrogens (tertiary/aromatic N) is 2. The van der Waals surface area contributed by atoms with Gasteiger partial charge in [0.1, 0.15) is 6.54 Å². The number of para-hydroxylation sites is 2. The Hall–Kier alpha value is -2.79.